The second-order valence-corrected chi connectivity index (χ2v) is 6.37. The highest BCUT2D eigenvalue weighted by Crippen LogP contribution is 2.31. The summed E-state index contributed by atoms with van der Waals surface area (Å²) >= 11 is 0. The summed E-state index contributed by atoms with van der Waals surface area (Å²) in [5, 5.41) is 15.9. The first kappa shape index (κ1) is 21.3. The van der Waals surface area contributed by atoms with Crippen LogP contribution in [-0.2, 0) is 4.79 Å². The Morgan fingerprint density at radius 2 is 1.82 bits per heavy atom. The van der Waals surface area contributed by atoms with Crippen LogP contribution < -0.4 is 14.8 Å². The third kappa shape index (κ3) is 5.03. The highest BCUT2D eigenvalue weighted by atomic mass is 16.5. The molecule has 28 heavy (non-hydrogen) atoms. The third-order valence-corrected chi connectivity index (χ3v) is 4.65. The average Bonchev–Trinajstić information content (AvgIpc) is 3.17. The Balaban J connectivity index is 2.25. The monoisotopic (exact) mass is 390 g/mol. The molecule has 1 amide bonds. The zero-order valence-electron chi connectivity index (χ0n) is 16.5. The van der Waals surface area contributed by atoms with Gasteiger partial charge in [0.2, 0.25) is 5.76 Å². The van der Waals surface area contributed by atoms with Gasteiger partial charge < -0.3 is 24.4 Å². The molecule has 0 spiro atoms. The molecule has 0 aliphatic heterocycles. The number of amides is 1. The van der Waals surface area contributed by atoms with Crippen molar-refractivity contribution in [3.05, 3.63) is 41.3 Å². The SMILES string of the molecule is CCC(CC)c1cc(C(=O)NC(CC(=O)O)c2ccc(OC)c(OC)c2)on1. The molecule has 0 saturated heterocycles. The van der Waals surface area contributed by atoms with Crippen molar-refractivity contribution < 1.29 is 28.7 Å². The number of carbonyl (C=O) groups excluding carboxylic acids is 1. The third-order valence-electron chi connectivity index (χ3n) is 4.65. The summed E-state index contributed by atoms with van der Waals surface area (Å²) in [6, 6.07) is 5.83. The summed E-state index contributed by atoms with van der Waals surface area (Å²) in [5.41, 5.74) is 1.30. The number of nitrogens with one attached hydrogen (secondary N) is 1. The number of rotatable bonds is 10. The molecule has 1 heterocycles. The maximum atomic E-state index is 12.6. The minimum absolute atomic E-state index is 0.0535. The molecule has 2 rings (SSSR count). The van der Waals surface area contributed by atoms with Crippen LogP contribution in [0.4, 0.5) is 0 Å². The van der Waals surface area contributed by atoms with Gasteiger partial charge in [-0.05, 0) is 30.5 Å². The second kappa shape index (κ2) is 9.77. The maximum Gasteiger partial charge on any atom is 0.305 e. The summed E-state index contributed by atoms with van der Waals surface area (Å²) in [5.74, 6) is -0.345. The molecule has 2 N–H and O–H groups in total. The number of carbonyl (C=O) groups is 2. The molecule has 0 fully saturated rings. The van der Waals surface area contributed by atoms with Crippen molar-refractivity contribution in [2.75, 3.05) is 14.2 Å². The quantitative estimate of drug-likeness (QED) is 0.638. The van der Waals surface area contributed by atoms with Crippen LogP contribution in [0.1, 0.15) is 66.9 Å². The molecule has 1 aromatic carbocycles. The van der Waals surface area contributed by atoms with E-state index < -0.39 is 17.9 Å². The van der Waals surface area contributed by atoms with E-state index in [2.05, 4.69) is 10.5 Å². The molecule has 0 aliphatic rings. The lowest BCUT2D eigenvalue weighted by atomic mass is 9.99. The Morgan fingerprint density at radius 1 is 1.14 bits per heavy atom. The molecule has 1 unspecified atom stereocenters. The molecule has 0 saturated carbocycles. The van der Waals surface area contributed by atoms with Gasteiger partial charge in [-0.3, -0.25) is 9.59 Å². The fourth-order valence-electron chi connectivity index (χ4n) is 3.02. The van der Waals surface area contributed by atoms with Gasteiger partial charge in [0.15, 0.2) is 11.5 Å². The normalized spacial score (nSPS) is 11.9. The summed E-state index contributed by atoms with van der Waals surface area (Å²) in [7, 11) is 3.00. The zero-order chi connectivity index (χ0) is 20.7. The number of nitrogens with zero attached hydrogens (tertiary/aromatic N) is 1. The number of hydrogen-bond acceptors (Lipinski definition) is 6. The van der Waals surface area contributed by atoms with Crippen LogP contribution in [0.5, 0.6) is 11.5 Å². The van der Waals surface area contributed by atoms with Gasteiger partial charge >= 0.3 is 5.97 Å². The van der Waals surface area contributed by atoms with Crippen molar-refractivity contribution in [1.29, 1.82) is 0 Å². The molecule has 1 aromatic heterocycles. The summed E-state index contributed by atoms with van der Waals surface area (Å²) in [6.45, 7) is 4.09. The molecule has 0 aliphatic carbocycles. The minimum atomic E-state index is -1.05. The van der Waals surface area contributed by atoms with Gasteiger partial charge in [0.1, 0.15) is 0 Å². The number of aliphatic carboxylic acids is 1. The van der Waals surface area contributed by atoms with E-state index in [4.69, 9.17) is 14.0 Å². The molecule has 0 bridgehead atoms. The summed E-state index contributed by atoms with van der Waals surface area (Å²) in [4.78, 5) is 23.9. The predicted octanol–water partition coefficient (Wildman–Crippen LogP) is 3.54. The zero-order valence-corrected chi connectivity index (χ0v) is 16.5. The standard InChI is InChI=1S/C20H26N2O6/c1-5-12(6-2)15-10-18(28-22-15)20(25)21-14(11-19(23)24)13-7-8-16(26-3)17(9-13)27-4/h7-10,12,14H,5-6,11H2,1-4H3,(H,21,25)(H,23,24). The van der Waals surface area contributed by atoms with E-state index in [0.717, 1.165) is 18.5 Å². The van der Waals surface area contributed by atoms with E-state index in [1.54, 1.807) is 24.3 Å². The summed E-state index contributed by atoms with van der Waals surface area (Å²) < 4.78 is 15.6. The molecule has 1 atom stereocenters. The highest BCUT2D eigenvalue weighted by Gasteiger charge is 2.23. The Hall–Kier alpha value is -3.03. The number of aromatic nitrogens is 1. The largest absolute Gasteiger partial charge is 0.493 e. The Labute approximate surface area is 163 Å². The van der Waals surface area contributed by atoms with Crippen LogP contribution >= 0.6 is 0 Å². The van der Waals surface area contributed by atoms with E-state index in [-0.39, 0.29) is 18.1 Å². The van der Waals surface area contributed by atoms with E-state index in [0.29, 0.717) is 17.1 Å². The number of benzene rings is 1. The van der Waals surface area contributed by atoms with Crippen molar-refractivity contribution >= 4 is 11.9 Å². The van der Waals surface area contributed by atoms with Crippen LogP contribution in [0, 0.1) is 0 Å². The van der Waals surface area contributed by atoms with Crippen LogP contribution in [0.3, 0.4) is 0 Å². The van der Waals surface area contributed by atoms with Crippen molar-refractivity contribution in [3.8, 4) is 11.5 Å². The molecular weight excluding hydrogens is 364 g/mol. The molecule has 0 radical (unpaired) electrons. The van der Waals surface area contributed by atoms with Gasteiger partial charge in [-0.1, -0.05) is 25.1 Å². The highest BCUT2D eigenvalue weighted by molar-refractivity contribution is 5.92. The lowest BCUT2D eigenvalue weighted by Crippen LogP contribution is -2.30. The first-order valence-electron chi connectivity index (χ1n) is 9.14. The Kier molecular flexibility index (Phi) is 7.43. The summed E-state index contributed by atoms with van der Waals surface area (Å²) in [6.07, 6.45) is 1.48. The lowest BCUT2D eigenvalue weighted by molar-refractivity contribution is -0.137. The number of methoxy groups -OCH3 is 2. The second-order valence-electron chi connectivity index (χ2n) is 6.37. The molecule has 2 aromatic rings. The predicted molar refractivity (Wildman–Crippen MR) is 102 cm³/mol. The van der Waals surface area contributed by atoms with Gasteiger partial charge in [-0.2, -0.15) is 0 Å². The van der Waals surface area contributed by atoms with Crippen molar-refractivity contribution in [3.63, 3.8) is 0 Å². The van der Waals surface area contributed by atoms with Crippen molar-refractivity contribution in [2.45, 2.75) is 45.1 Å². The van der Waals surface area contributed by atoms with Crippen molar-refractivity contribution in [2.24, 2.45) is 0 Å². The number of carboxylic acids is 1. The first-order chi connectivity index (χ1) is 13.4. The van der Waals surface area contributed by atoms with Gasteiger partial charge in [0.25, 0.3) is 5.91 Å². The van der Waals surface area contributed by atoms with Gasteiger partial charge in [-0.15, -0.1) is 0 Å². The van der Waals surface area contributed by atoms with E-state index in [1.165, 1.54) is 14.2 Å². The fraction of sp³-hybridized carbons (Fsp3) is 0.450. The number of hydrogen-bond donors (Lipinski definition) is 2. The Bertz CT molecular complexity index is 813. The smallest absolute Gasteiger partial charge is 0.305 e. The fourth-order valence-corrected chi connectivity index (χ4v) is 3.02. The van der Waals surface area contributed by atoms with Crippen molar-refractivity contribution in [1.82, 2.24) is 10.5 Å². The van der Waals surface area contributed by atoms with E-state index in [1.807, 2.05) is 13.8 Å². The maximum absolute atomic E-state index is 12.6. The van der Waals surface area contributed by atoms with Gasteiger partial charge in [-0.25, -0.2) is 0 Å². The molecule has 8 heteroatoms. The molecule has 8 nitrogen and oxygen atoms in total. The van der Waals surface area contributed by atoms with Crippen LogP contribution in [0.2, 0.25) is 0 Å². The number of ether oxygens (including phenoxy) is 2. The Morgan fingerprint density at radius 3 is 2.39 bits per heavy atom. The van der Waals surface area contributed by atoms with E-state index >= 15 is 0 Å². The van der Waals surface area contributed by atoms with E-state index in [9.17, 15) is 14.7 Å². The molecule has 152 valence electrons. The lowest BCUT2D eigenvalue weighted by Gasteiger charge is -2.18. The van der Waals surface area contributed by atoms with Gasteiger partial charge in [0.05, 0.1) is 32.4 Å². The van der Waals surface area contributed by atoms with Gasteiger partial charge in [0, 0.05) is 12.0 Å². The first-order valence-corrected chi connectivity index (χ1v) is 9.14. The van der Waals surface area contributed by atoms with Crippen LogP contribution in [0.15, 0.2) is 28.8 Å². The van der Waals surface area contributed by atoms with Crippen LogP contribution in [0.25, 0.3) is 0 Å². The van der Waals surface area contributed by atoms with Crippen LogP contribution in [-0.4, -0.2) is 36.4 Å². The topological polar surface area (TPSA) is 111 Å². The average molecular weight is 390 g/mol. The minimum Gasteiger partial charge on any atom is -0.493 e. The number of carboxylic acid groups (broad SMARTS) is 1. The molecular formula is C20H26N2O6.